The molecule has 0 saturated heterocycles. The second kappa shape index (κ2) is 9.84. The molecule has 1 aliphatic heterocycles. The number of aromatic nitrogens is 2. The van der Waals surface area contributed by atoms with E-state index in [9.17, 15) is 9.65 Å². The number of nitrogens with two attached hydrogens (primary N) is 1. The first-order valence-electron chi connectivity index (χ1n) is 11.4. The number of nitriles is 1. The number of halogens is 1. The molecule has 2 heterocycles. The molecule has 1 atom stereocenters. The zero-order valence-corrected chi connectivity index (χ0v) is 19.5. The molecular formula is C28H23FN4O3. The SMILES string of the molecule is CCOc1cc(C2C(C#N)=C(N)Oc3n[nH]c(-c4ccccc4)c32)ccc1OCc1cccc(F)c1. The van der Waals surface area contributed by atoms with Crippen molar-refractivity contribution in [3.63, 3.8) is 0 Å². The fourth-order valence-electron chi connectivity index (χ4n) is 4.28. The van der Waals surface area contributed by atoms with Crippen LogP contribution in [0.3, 0.4) is 0 Å². The van der Waals surface area contributed by atoms with Gasteiger partial charge < -0.3 is 19.9 Å². The highest BCUT2D eigenvalue weighted by Crippen LogP contribution is 2.47. The van der Waals surface area contributed by atoms with Gasteiger partial charge >= 0.3 is 0 Å². The number of hydrogen-bond donors (Lipinski definition) is 2. The molecule has 1 aliphatic rings. The molecular weight excluding hydrogens is 459 g/mol. The van der Waals surface area contributed by atoms with Crippen LogP contribution in [0.25, 0.3) is 11.3 Å². The fraction of sp³-hybridized carbons (Fsp3) is 0.143. The molecule has 3 aromatic carbocycles. The van der Waals surface area contributed by atoms with E-state index in [0.29, 0.717) is 35.1 Å². The number of allylic oxidation sites excluding steroid dienone is 1. The molecule has 0 amide bonds. The van der Waals surface area contributed by atoms with Crippen molar-refractivity contribution in [3.8, 4) is 34.7 Å². The molecule has 8 heteroatoms. The Morgan fingerprint density at radius 3 is 2.64 bits per heavy atom. The lowest BCUT2D eigenvalue weighted by Crippen LogP contribution is -2.21. The summed E-state index contributed by atoms with van der Waals surface area (Å²) < 4.78 is 31.1. The van der Waals surface area contributed by atoms with Crippen molar-refractivity contribution in [2.45, 2.75) is 19.4 Å². The Kier molecular flexibility index (Phi) is 6.29. The molecule has 180 valence electrons. The molecule has 5 rings (SSSR count). The van der Waals surface area contributed by atoms with Gasteiger partial charge in [-0.25, -0.2) is 4.39 Å². The van der Waals surface area contributed by atoms with Gasteiger partial charge in [0.15, 0.2) is 11.5 Å². The molecule has 4 aromatic rings. The lowest BCUT2D eigenvalue weighted by Gasteiger charge is -2.25. The molecule has 0 bridgehead atoms. The van der Waals surface area contributed by atoms with Crippen LogP contribution in [0, 0.1) is 17.1 Å². The summed E-state index contributed by atoms with van der Waals surface area (Å²) in [5.41, 5.74) is 10.2. The lowest BCUT2D eigenvalue weighted by atomic mass is 9.83. The molecule has 3 N–H and O–H groups in total. The van der Waals surface area contributed by atoms with Gasteiger partial charge in [-0.15, -0.1) is 5.10 Å². The van der Waals surface area contributed by atoms with Gasteiger partial charge in [0.1, 0.15) is 24.1 Å². The lowest BCUT2D eigenvalue weighted by molar-refractivity contribution is 0.268. The summed E-state index contributed by atoms with van der Waals surface area (Å²) in [7, 11) is 0. The Balaban J connectivity index is 1.56. The number of nitrogens with one attached hydrogen (secondary N) is 1. The van der Waals surface area contributed by atoms with Gasteiger partial charge in [0.2, 0.25) is 11.8 Å². The van der Waals surface area contributed by atoms with E-state index in [1.54, 1.807) is 18.2 Å². The first-order chi connectivity index (χ1) is 17.6. The monoisotopic (exact) mass is 482 g/mol. The maximum atomic E-state index is 13.6. The largest absolute Gasteiger partial charge is 0.490 e. The van der Waals surface area contributed by atoms with E-state index in [1.807, 2.05) is 49.4 Å². The molecule has 7 nitrogen and oxygen atoms in total. The van der Waals surface area contributed by atoms with Gasteiger partial charge in [-0.1, -0.05) is 48.5 Å². The summed E-state index contributed by atoms with van der Waals surface area (Å²) >= 11 is 0. The minimum absolute atomic E-state index is 0.00509. The Labute approximate surface area is 207 Å². The predicted octanol–water partition coefficient (Wildman–Crippen LogP) is 5.41. The third-order valence-electron chi connectivity index (χ3n) is 5.89. The minimum atomic E-state index is -0.538. The Hall–Kier alpha value is -4.77. The van der Waals surface area contributed by atoms with Gasteiger partial charge in [-0.2, -0.15) is 5.26 Å². The van der Waals surface area contributed by atoms with E-state index in [2.05, 4.69) is 16.3 Å². The van der Waals surface area contributed by atoms with Gasteiger partial charge in [-0.3, -0.25) is 5.10 Å². The zero-order chi connectivity index (χ0) is 25.1. The van der Waals surface area contributed by atoms with Crippen molar-refractivity contribution in [1.29, 1.82) is 5.26 Å². The second-order valence-corrected chi connectivity index (χ2v) is 8.17. The maximum Gasteiger partial charge on any atom is 0.244 e. The van der Waals surface area contributed by atoms with Crippen LogP contribution in [0.4, 0.5) is 4.39 Å². The number of hydrogen-bond acceptors (Lipinski definition) is 6. The molecule has 1 unspecified atom stereocenters. The fourth-order valence-corrected chi connectivity index (χ4v) is 4.28. The van der Waals surface area contributed by atoms with E-state index in [-0.39, 0.29) is 23.9 Å². The zero-order valence-electron chi connectivity index (χ0n) is 19.5. The van der Waals surface area contributed by atoms with Gasteiger partial charge in [0, 0.05) is 0 Å². The van der Waals surface area contributed by atoms with Crippen molar-refractivity contribution in [1.82, 2.24) is 10.2 Å². The van der Waals surface area contributed by atoms with Crippen LogP contribution < -0.4 is 19.9 Å². The van der Waals surface area contributed by atoms with E-state index >= 15 is 0 Å². The summed E-state index contributed by atoms with van der Waals surface area (Å²) in [6.45, 7) is 2.45. The summed E-state index contributed by atoms with van der Waals surface area (Å²) in [4.78, 5) is 0. The highest BCUT2D eigenvalue weighted by atomic mass is 19.1. The maximum absolute atomic E-state index is 13.6. The Morgan fingerprint density at radius 2 is 1.89 bits per heavy atom. The summed E-state index contributed by atoms with van der Waals surface area (Å²) in [5.74, 6) is 0.465. The Bertz CT molecular complexity index is 1470. The van der Waals surface area contributed by atoms with Crippen LogP contribution in [0.15, 0.2) is 84.3 Å². The summed E-state index contributed by atoms with van der Waals surface area (Å²) in [6, 6.07) is 23.6. The van der Waals surface area contributed by atoms with Crippen LogP contribution in [0.2, 0.25) is 0 Å². The summed E-state index contributed by atoms with van der Waals surface area (Å²) in [5, 5.41) is 17.3. The quantitative estimate of drug-likeness (QED) is 0.365. The van der Waals surface area contributed by atoms with Crippen LogP contribution >= 0.6 is 0 Å². The van der Waals surface area contributed by atoms with E-state index in [1.165, 1.54) is 12.1 Å². The van der Waals surface area contributed by atoms with Crippen molar-refractivity contribution in [2.24, 2.45) is 5.73 Å². The number of ether oxygens (including phenoxy) is 3. The smallest absolute Gasteiger partial charge is 0.244 e. The number of H-pyrrole nitrogens is 1. The molecule has 0 aliphatic carbocycles. The highest BCUT2D eigenvalue weighted by molar-refractivity contribution is 5.71. The molecule has 36 heavy (non-hydrogen) atoms. The van der Waals surface area contributed by atoms with E-state index in [0.717, 1.165) is 16.8 Å². The van der Waals surface area contributed by atoms with Crippen LogP contribution in [0.5, 0.6) is 17.4 Å². The number of nitrogens with zero attached hydrogens (tertiary/aromatic N) is 2. The van der Waals surface area contributed by atoms with Gasteiger partial charge in [0.25, 0.3) is 0 Å². The van der Waals surface area contributed by atoms with Crippen molar-refractivity contribution < 1.29 is 18.6 Å². The molecule has 1 aromatic heterocycles. The van der Waals surface area contributed by atoms with E-state index in [4.69, 9.17) is 19.9 Å². The third kappa shape index (κ3) is 4.34. The molecule has 0 spiro atoms. The number of rotatable bonds is 7. The van der Waals surface area contributed by atoms with Crippen molar-refractivity contribution >= 4 is 0 Å². The van der Waals surface area contributed by atoms with Crippen LogP contribution in [-0.4, -0.2) is 16.8 Å². The van der Waals surface area contributed by atoms with E-state index < -0.39 is 5.92 Å². The standard InChI is InChI=1S/C28H23FN4O3/c1-2-34-23-14-19(11-12-22(23)35-16-17-7-6-10-20(29)13-17)24-21(15-30)27(31)36-28-25(24)26(32-33-28)18-8-4-3-5-9-18/h3-14,24H,2,16,31H2,1H3,(H,32,33). The molecule has 0 saturated carbocycles. The first-order valence-corrected chi connectivity index (χ1v) is 11.4. The van der Waals surface area contributed by atoms with Gasteiger partial charge in [-0.05, 0) is 47.9 Å². The molecule has 0 fully saturated rings. The number of fused-ring (bicyclic) bond motifs is 1. The van der Waals surface area contributed by atoms with Crippen molar-refractivity contribution in [2.75, 3.05) is 6.61 Å². The average Bonchev–Trinajstić information content (AvgIpc) is 3.31. The van der Waals surface area contributed by atoms with Crippen LogP contribution in [-0.2, 0) is 6.61 Å². The average molecular weight is 483 g/mol. The third-order valence-corrected chi connectivity index (χ3v) is 5.89. The summed E-state index contributed by atoms with van der Waals surface area (Å²) in [6.07, 6.45) is 0. The first kappa shape index (κ1) is 23.0. The van der Waals surface area contributed by atoms with Crippen LogP contribution in [0.1, 0.15) is 29.5 Å². The Morgan fingerprint density at radius 1 is 1.06 bits per heavy atom. The topological polar surface area (TPSA) is 106 Å². The molecule has 0 radical (unpaired) electrons. The highest BCUT2D eigenvalue weighted by Gasteiger charge is 2.36. The van der Waals surface area contributed by atoms with Crippen molar-refractivity contribution in [3.05, 3.63) is 107 Å². The minimum Gasteiger partial charge on any atom is -0.490 e. The number of benzene rings is 3. The second-order valence-electron chi connectivity index (χ2n) is 8.17. The number of aromatic amines is 1. The van der Waals surface area contributed by atoms with Gasteiger partial charge in [0.05, 0.1) is 23.8 Å². The predicted molar refractivity (Wildman–Crippen MR) is 132 cm³/mol. The normalized spacial score (nSPS) is 14.5.